The predicted octanol–water partition coefficient (Wildman–Crippen LogP) is 3.46. The number of nitrogens with zero attached hydrogens (tertiary/aromatic N) is 3. The van der Waals surface area contributed by atoms with Gasteiger partial charge in [-0.25, -0.2) is 0 Å². The van der Waals surface area contributed by atoms with E-state index in [1.807, 2.05) is 42.3 Å². The minimum Gasteiger partial charge on any atom is -0.397 e. The van der Waals surface area contributed by atoms with Crippen molar-refractivity contribution in [1.82, 2.24) is 4.98 Å². The molecule has 0 aliphatic heterocycles. The summed E-state index contributed by atoms with van der Waals surface area (Å²) in [5, 5.41) is 10.9. The van der Waals surface area contributed by atoms with E-state index in [2.05, 4.69) is 11.1 Å². The molecule has 0 aliphatic rings. The summed E-state index contributed by atoms with van der Waals surface area (Å²) < 4.78 is 0. The van der Waals surface area contributed by atoms with Crippen LogP contribution in [0.1, 0.15) is 5.56 Å². The van der Waals surface area contributed by atoms with E-state index in [0.29, 0.717) is 5.56 Å². The number of fused-ring (bicyclic) bond motifs is 1. The van der Waals surface area contributed by atoms with Crippen molar-refractivity contribution < 1.29 is 0 Å². The van der Waals surface area contributed by atoms with Crippen molar-refractivity contribution in [2.75, 3.05) is 17.7 Å². The van der Waals surface area contributed by atoms with Crippen LogP contribution in [-0.4, -0.2) is 12.0 Å². The van der Waals surface area contributed by atoms with Gasteiger partial charge in [0.05, 0.1) is 23.0 Å². The molecule has 3 aromatic rings. The molecule has 0 bridgehead atoms. The molecule has 1 heterocycles. The molecule has 0 amide bonds. The molecule has 3 rings (SSSR count). The highest BCUT2D eigenvalue weighted by molar-refractivity contribution is 5.99. The Bertz CT molecular complexity index is 832. The molecule has 0 aliphatic carbocycles. The van der Waals surface area contributed by atoms with Gasteiger partial charge in [0.15, 0.2) is 0 Å². The lowest BCUT2D eigenvalue weighted by molar-refractivity contribution is 1.21. The summed E-state index contributed by atoms with van der Waals surface area (Å²) in [5.74, 6) is 0. The van der Waals surface area contributed by atoms with Crippen LogP contribution in [0.5, 0.6) is 0 Å². The molecule has 0 unspecified atom stereocenters. The van der Waals surface area contributed by atoms with Crippen LogP contribution in [0.4, 0.5) is 17.1 Å². The molecule has 2 aromatic carbocycles. The normalized spacial score (nSPS) is 10.3. The topological polar surface area (TPSA) is 65.9 Å². The van der Waals surface area contributed by atoms with Gasteiger partial charge in [0.1, 0.15) is 0 Å². The summed E-state index contributed by atoms with van der Waals surface area (Å²) in [6.45, 7) is 0. The zero-order valence-electron chi connectivity index (χ0n) is 11.6. The first kappa shape index (κ1) is 12.9. The lowest BCUT2D eigenvalue weighted by Crippen LogP contribution is -2.11. The Labute approximate surface area is 123 Å². The van der Waals surface area contributed by atoms with Crippen molar-refractivity contribution in [3.63, 3.8) is 0 Å². The number of rotatable bonds is 2. The van der Waals surface area contributed by atoms with Crippen LogP contribution in [0.2, 0.25) is 0 Å². The quantitative estimate of drug-likeness (QED) is 0.727. The van der Waals surface area contributed by atoms with Crippen molar-refractivity contribution in [2.45, 2.75) is 0 Å². The Kier molecular flexibility index (Phi) is 3.17. The van der Waals surface area contributed by atoms with E-state index in [-0.39, 0.29) is 0 Å². The number of nitrogen functional groups attached to an aromatic ring is 1. The third kappa shape index (κ3) is 2.26. The first-order valence-electron chi connectivity index (χ1n) is 6.57. The van der Waals surface area contributed by atoms with E-state index in [1.54, 1.807) is 24.5 Å². The molecule has 0 atom stereocenters. The van der Waals surface area contributed by atoms with Crippen LogP contribution in [0.3, 0.4) is 0 Å². The monoisotopic (exact) mass is 274 g/mol. The number of anilines is 3. The van der Waals surface area contributed by atoms with Crippen molar-refractivity contribution in [3.05, 3.63) is 60.4 Å². The third-order valence-electron chi connectivity index (χ3n) is 3.58. The second-order valence-electron chi connectivity index (χ2n) is 4.81. The summed E-state index contributed by atoms with van der Waals surface area (Å²) in [6.07, 6.45) is 3.54. The average molecular weight is 274 g/mol. The van der Waals surface area contributed by atoms with Gasteiger partial charge in [-0.15, -0.1) is 0 Å². The van der Waals surface area contributed by atoms with Crippen molar-refractivity contribution in [1.29, 1.82) is 5.26 Å². The largest absolute Gasteiger partial charge is 0.397 e. The minimum absolute atomic E-state index is 0.643. The fourth-order valence-electron chi connectivity index (χ4n) is 2.37. The average Bonchev–Trinajstić information content (AvgIpc) is 2.55. The Hall–Kier alpha value is -3.06. The number of pyridine rings is 1. The second kappa shape index (κ2) is 5.14. The number of hydrogen-bond acceptors (Lipinski definition) is 4. The fourth-order valence-corrected chi connectivity index (χ4v) is 2.37. The molecule has 102 valence electrons. The van der Waals surface area contributed by atoms with Crippen LogP contribution >= 0.6 is 0 Å². The van der Waals surface area contributed by atoms with Crippen LogP contribution in [0.15, 0.2) is 54.9 Å². The molecule has 1 aromatic heterocycles. The van der Waals surface area contributed by atoms with Gasteiger partial charge in [0.2, 0.25) is 0 Å². The van der Waals surface area contributed by atoms with Crippen molar-refractivity contribution in [2.24, 2.45) is 0 Å². The van der Waals surface area contributed by atoms with Crippen molar-refractivity contribution in [3.8, 4) is 6.07 Å². The highest BCUT2D eigenvalue weighted by atomic mass is 15.1. The molecular formula is C17H14N4. The fraction of sp³-hybridized carbons (Fsp3) is 0.0588. The Morgan fingerprint density at radius 3 is 2.57 bits per heavy atom. The number of benzene rings is 2. The maximum absolute atomic E-state index is 8.86. The summed E-state index contributed by atoms with van der Waals surface area (Å²) in [5.41, 5.74) is 9.57. The maximum atomic E-state index is 8.86. The van der Waals surface area contributed by atoms with E-state index in [0.717, 1.165) is 27.8 Å². The van der Waals surface area contributed by atoms with E-state index in [4.69, 9.17) is 11.0 Å². The van der Waals surface area contributed by atoms with Crippen LogP contribution in [0.25, 0.3) is 10.8 Å². The lowest BCUT2D eigenvalue weighted by atomic mass is 10.1. The molecular weight excluding hydrogens is 260 g/mol. The van der Waals surface area contributed by atoms with E-state index in [9.17, 15) is 0 Å². The number of nitriles is 1. The smallest absolute Gasteiger partial charge is 0.0991 e. The van der Waals surface area contributed by atoms with Gasteiger partial charge in [-0.2, -0.15) is 5.26 Å². The summed E-state index contributed by atoms with van der Waals surface area (Å²) in [7, 11) is 1.96. The van der Waals surface area contributed by atoms with Gasteiger partial charge in [-0.1, -0.05) is 6.07 Å². The van der Waals surface area contributed by atoms with Gasteiger partial charge in [-0.05, 0) is 36.4 Å². The number of nitrogens with two attached hydrogens (primary N) is 1. The van der Waals surface area contributed by atoms with Crippen LogP contribution in [-0.2, 0) is 0 Å². The number of aromatic nitrogens is 1. The van der Waals surface area contributed by atoms with E-state index >= 15 is 0 Å². The first-order valence-corrected chi connectivity index (χ1v) is 6.57. The molecule has 0 saturated carbocycles. The molecule has 4 nitrogen and oxygen atoms in total. The molecule has 0 spiro atoms. The highest BCUT2D eigenvalue weighted by Crippen LogP contribution is 2.34. The first-order chi connectivity index (χ1) is 10.2. The molecule has 0 radical (unpaired) electrons. The highest BCUT2D eigenvalue weighted by Gasteiger charge is 2.10. The van der Waals surface area contributed by atoms with Crippen molar-refractivity contribution >= 4 is 27.8 Å². The van der Waals surface area contributed by atoms with Gasteiger partial charge >= 0.3 is 0 Å². The van der Waals surface area contributed by atoms with Gasteiger partial charge in [0, 0.05) is 35.9 Å². The van der Waals surface area contributed by atoms with E-state index < -0.39 is 0 Å². The van der Waals surface area contributed by atoms with Crippen LogP contribution in [0, 0.1) is 11.3 Å². The Morgan fingerprint density at radius 2 is 1.86 bits per heavy atom. The lowest BCUT2D eigenvalue weighted by Gasteiger charge is -2.22. The second-order valence-corrected chi connectivity index (χ2v) is 4.81. The molecule has 0 fully saturated rings. The Morgan fingerprint density at radius 1 is 1.10 bits per heavy atom. The molecule has 0 saturated heterocycles. The maximum Gasteiger partial charge on any atom is 0.0991 e. The molecule has 2 N–H and O–H groups in total. The molecule has 4 heteroatoms. The minimum atomic E-state index is 0.643. The van der Waals surface area contributed by atoms with Gasteiger partial charge in [-0.3, -0.25) is 4.98 Å². The zero-order valence-corrected chi connectivity index (χ0v) is 11.6. The molecule has 21 heavy (non-hydrogen) atoms. The standard InChI is InChI=1S/C17H14N4/c1-21(14-5-2-12(10-18)3-6-14)16-7-4-13-11-20-9-8-15(13)17(16)19/h2-9,11H,19H2,1H3. The van der Waals surface area contributed by atoms with Crippen LogP contribution < -0.4 is 10.6 Å². The SMILES string of the molecule is CN(c1ccc(C#N)cc1)c1ccc2cnccc2c1N. The summed E-state index contributed by atoms with van der Waals surface area (Å²) >= 11 is 0. The Balaban J connectivity index is 2.06. The summed E-state index contributed by atoms with van der Waals surface area (Å²) in [4.78, 5) is 6.12. The zero-order chi connectivity index (χ0) is 14.8. The predicted molar refractivity (Wildman–Crippen MR) is 85.4 cm³/mol. The van der Waals surface area contributed by atoms with E-state index in [1.165, 1.54) is 0 Å². The third-order valence-corrected chi connectivity index (χ3v) is 3.58. The van der Waals surface area contributed by atoms with Gasteiger partial charge < -0.3 is 10.6 Å². The van der Waals surface area contributed by atoms with Gasteiger partial charge in [0.25, 0.3) is 0 Å². The summed E-state index contributed by atoms with van der Waals surface area (Å²) in [6, 6.07) is 15.4. The number of hydrogen-bond donors (Lipinski definition) is 1.